The third kappa shape index (κ3) is 3.32. The number of nitrogen functional groups attached to an aromatic ring is 1. The Labute approximate surface area is 146 Å². The fourth-order valence-electron chi connectivity index (χ4n) is 2.05. The molecular weight excluding hydrogens is 353 g/mol. The van der Waals surface area contributed by atoms with Crippen LogP contribution in [0.1, 0.15) is 10.5 Å². The maximum absolute atomic E-state index is 12.5. The minimum absolute atomic E-state index is 0.317. The number of hydrogen-bond acceptors (Lipinski definition) is 4. The first-order valence-electron chi connectivity index (χ1n) is 6.61. The standard InChI is InChI=1S/C16H11Cl2N3OS/c17-10-6-12(19)13(7-11(10)18)21-16(22)14-15(23-8-20-14)9-4-2-1-3-5-9/h1-8H,19H2,(H,21,22). The zero-order valence-electron chi connectivity index (χ0n) is 11.7. The molecule has 23 heavy (non-hydrogen) atoms. The summed E-state index contributed by atoms with van der Waals surface area (Å²) in [6.07, 6.45) is 0. The first-order chi connectivity index (χ1) is 11.1. The van der Waals surface area contributed by atoms with E-state index < -0.39 is 0 Å². The molecule has 0 aliphatic rings. The summed E-state index contributed by atoms with van der Waals surface area (Å²) >= 11 is 13.3. The van der Waals surface area contributed by atoms with E-state index in [0.29, 0.717) is 27.1 Å². The highest BCUT2D eigenvalue weighted by atomic mass is 35.5. The molecule has 4 nitrogen and oxygen atoms in total. The number of nitrogens with two attached hydrogens (primary N) is 1. The van der Waals surface area contributed by atoms with E-state index >= 15 is 0 Å². The monoisotopic (exact) mass is 363 g/mol. The van der Waals surface area contributed by atoms with Crippen LogP contribution in [0.2, 0.25) is 10.0 Å². The van der Waals surface area contributed by atoms with Crippen LogP contribution in [0.25, 0.3) is 10.4 Å². The number of nitrogens with zero attached hydrogens (tertiary/aromatic N) is 1. The molecule has 1 aromatic heterocycles. The Morgan fingerprint density at radius 1 is 1.13 bits per heavy atom. The van der Waals surface area contributed by atoms with E-state index in [9.17, 15) is 4.79 Å². The number of carbonyl (C=O) groups excluding carboxylic acids is 1. The summed E-state index contributed by atoms with van der Waals surface area (Å²) in [7, 11) is 0. The summed E-state index contributed by atoms with van der Waals surface area (Å²) in [6.45, 7) is 0. The molecule has 3 aromatic rings. The van der Waals surface area contributed by atoms with Gasteiger partial charge in [0.05, 0.1) is 31.8 Å². The number of thiazole rings is 1. The summed E-state index contributed by atoms with van der Waals surface area (Å²) in [4.78, 5) is 17.5. The Hall–Kier alpha value is -2.08. The van der Waals surface area contributed by atoms with Crippen LogP contribution in [0.3, 0.4) is 0 Å². The lowest BCUT2D eigenvalue weighted by atomic mass is 10.1. The predicted octanol–water partition coefficient (Wildman–Crippen LogP) is 4.95. The molecular formula is C16H11Cl2N3OS. The maximum atomic E-state index is 12.5. The van der Waals surface area contributed by atoms with Gasteiger partial charge in [0.1, 0.15) is 5.69 Å². The van der Waals surface area contributed by atoms with Crippen molar-refractivity contribution in [2.75, 3.05) is 11.1 Å². The quantitative estimate of drug-likeness (QED) is 0.646. The molecule has 3 N–H and O–H groups in total. The number of aromatic nitrogens is 1. The van der Waals surface area contributed by atoms with E-state index in [4.69, 9.17) is 28.9 Å². The minimum atomic E-state index is -0.352. The Morgan fingerprint density at radius 2 is 1.83 bits per heavy atom. The smallest absolute Gasteiger partial charge is 0.275 e. The van der Waals surface area contributed by atoms with Crippen molar-refractivity contribution >= 4 is 51.8 Å². The van der Waals surface area contributed by atoms with Crippen molar-refractivity contribution in [3.63, 3.8) is 0 Å². The number of nitrogens with one attached hydrogen (secondary N) is 1. The molecule has 0 aliphatic carbocycles. The number of carbonyl (C=O) groups is 1. The third-order valence-corrected chi connectivity index (χ3v) is 4.76. The summed E-state index contributed by atoms with van der Waals surface area (Å²) in [5, 5.41) is 3.38. The molecule has 7 heteroatoms. The largest absolute Gasteiger partial charge is 0.397 e. The fraction of sp³-hybridized carbons (Fsp3) is 0. The molecule has 0 atom stereocenters. The third-order valence-electron chi connectivity index (χ3n) is 3.16. The van der Waals surface area contributed by atoms with Crippen molar-refractivity contribution in [2.24, 2.45) is 0 Å². The minimum Gasteiger partial charge on any atom is -0.397 e. The van der Waals surface area contributed by atoms with E-state index in [1.54, 1.807) is 5.51 Å². The van der Waals surface area contributed by atoms with Crippen LogP contribution in [0, 0.1) is 0 Å². The lowest BCUT2D eigenvalue weighted by molar-refractivity contribution is 0.102. The molecule has 0 unspecified atom stereocenters. The topological polar surface area (TPSA) is 68.0 Å². The normalized spacial score (nSPS) is 10.5. The molecule has 0 bridgehead atoms. The van der Waals surface area contributed by atoms with Gasteiger partial charge >= 0.3 is 0 Å². The van der Waals surface area contributed by atoms with Crippen LogP contribution >= 0.6 is 34.5 Å². The van der Waals surface area contributed by atoms with Crippen LogP contribution < -0.4 is 11.1 Å². The number of anilines is 2. The molecule has 2 aromatic carbocycles. The van der Waals surface area contributed by atoms with Gasteiger partial charge < -0.3 is 11.1 Å². The SMILES string of the molecule is Nc1cc(Cl)c(Cl)cc1NC(=O)c1ncsc1-c1ccccc1. The highest BCUT2D eigenvalue weighted by molar-refractivity contribution is 7.13. The Bertz CT molecular complexity index is 865. The summed E-state index contributed by atoms with van der Waals surface area (Å²) < 4.78 is 0. The van der Waals surface area contributed by atoms with Gasteiger partial charge in [-0.1, -0.05) is 53.5 Å². The molecule has 0 fully saturated rings. The highest BCUT2D eigenvalue weighted by Crippen LogP contribution is 2.32. The van der Waals surface area contributed by atoms with Crippen molar-refractivity contribution < 1.29 is 4.79 Å². The second kappa shape index (κ2) is 6.58. The van der Waals surface area contributed by atoms with Gasteiger partial charge in [-0.15, -0.1) is 11.3 Å². The second-order valence-electron chi connectivity index (χ2n) is 4.70. The predicted molar refractivity (Wildman–Crippen MR) is 96.4 cm³/mol. The van der Waals surface area contributed by atoms with Gasteiger partial charge in [0.15, 0.2) is 0 Å². The van der Waals surface area contributed by atoms with Gasteiger partial charge in [-0.2, -0.15) is 0 Å². The van der Waals surface area contributed by atoms with Crippen LogP contribution in [-0.4, -0.2) is 10.9 Å². The number of hydrogen-bond donors (Lipinski definition) is 2. The summed E-state index contributed by atoms with van der Waals surface area (Å²) in [6, 6.07) is 12.6. The molecule has 0 saturated carbocycles. The summed E-state index contributed by atoms with van der Waals surface area (Å²) in [5.41, 5.74) is 9.51. The van der Waals surface area contributed by atoms with Crippen molar-refractivity contribution in [3.05, 3.63) is 63.7 Å². The first-order valence-corrected chi connectivity index (χ1v) is 8.24. The van der Waals surface area contributed by atoms with Crippen molar-refractivity contribution in [1.82, 2.24) is 4.98 Å². The van der Waals surface area contributed by atoms with Crippen LogP contribution in [-0.2, 0) is 0 Å². The zero-order valence-corrected chi connectivity index (χ0v) is 14.0. The Kier molecular flexibility index (Phi) is 4.52. The van der Waals surface area contributed by atoms with E-state index in [1.165, 1.54) is 23.5 Å². The maximum Gasteiger partial charge on any atom is 0.275 e. The van der Waals surface area contributed by atoms with E-state index in [0.717, 1.165) is 10.4 Å². The van der Waals surface area contributed by atoms with Gasteiger partial charge in [-0.25, -0.2) is 4.98 Å². The zero-order chi connectivity index (χ0) is 16.4. The lowest BCUT2D eigenvalue weighted by Crippen LogP contribution is -2.14. The highest BCUT2D eigenvalue weighted by Gasteiger charge is 2.17. The lowest BCUT2D eigenvalue weighted by Gasteiger charge is -2.09. The molecule has 0 aliphatic heterocycles. The first kappa shape index (κ1) is 15.8. The molecule has 3 rings (SSSR count). The van der Waals surface area contributed by atoms with Crippen molar-refractivity contribution in [1.29, 1.82) is 0 Å². The Morgan fingerprint density at radius 3 is 2.57 bits per heavy atom. The molecule has 1 heterocycles. The van der Waals surface area contributed by atoms with Crippen LogP contribution in [0.15, 0.2) is 48.0 Å². The van der Waals surface area contributed by atoms with Crippen LogP contribution in [0.4, 0.5) is 11.4 Å². The van der Waals surface area contributed by atoms with Gasteiger partial charge in [0, 0.05) is 0 Å². The van der Waals surface area contributed by atoms with E-state index in [-0.39, 0.29) is 5.91 Å². The van der Waals surface area contributed by atoms with Crippen molar-refractivity contribution in [2.45, 2.75) is 0 Å². The average molecular weight is 364 g/mol. The van der Waals surface area contributed by atoms with Crippen molar-refractivity contribution in [3.8, 4) is 10.4 Å². The summed E-state index contributed by atoms with van der Waals surface area (Å²) in [5.74, 6) is -0.352. The molecule has 116 valence electrons. The van der Waals surface area contributed by atoms with Gasteiger partial charge in [0.25, 0.3) is 5.91 Å². The Balaban J connectivity index is 1.91. The molecule has 0 spiro atoms. The number of benzene rings is 2. The van der Waals surface area contributed by atoms with Gasteiger partial charge in [0.2, 0.25) is 0 Å². The van der Waals surface area contributed by atoms with Gasteiger partial charge in [-0.3, -0.25) is 4.79 Å². The fourth-order valence-corrected chi connectivity index (χ4v) is 3.18. The van der Waals surface area contributed by atoms with Crippen LogP contribution in [0.5, 0.6) is 0 Å². The number of halogens is 2. The van der Waals surface area contributed by atoms with Gasteiger partial charge in [-0.05, 0) is 17.7 Å². The molecule has 0 saturated heterocycles. The van der Waals surface area contributed by atoms with E-state index in [1.807, 2.05) is 30.3 Å². The average Bonchev–Trinajstić information content (AvgIpc) is 3.03. The second-order valence-corrected chi connectivity index (χ2v) is 6.37. The molecule has 0 radical (unpaired) electrons. The number of rotatable bonds is 3. The molecule has 1 amide bonds. The van der Waals surface area contributed by atoms with E-state index in [2.05, 4.69) is 10.3 Å². The number of amides is 1.